The highest BCUT2D eigenvalue weighted by Gasteiger charge is 2.26. The molecule has 2 aromatic rings. The SMILES string of the molecule is CCNC(=O)c1ccc(-n2nnc(C(=O)NC3CC3)c2C)cc1Cl. The van der Waals surface area contributed by atoms with Crippen LogP contribution in [0.5, 0.6) is 0 Å². The van der Waals surface area contributed by atoms with E-state index in [0.717, 1.165) is 12.8 Å². The summed E-state index contributed by atoms with van der Waals surface area (Å²) in [5.74, 6) is -0.444. The maximum absolute atomic E-state index is 12.1. The van der Waals surface area contributed by atoms with Gasteiger partial charge in [-0.1, -0.05) is 16.8 Å². The first kappa shape index (κ1) is 16.4. The number of carbonyl (C=O) groups is 2. The van der Waals surface area contributed by atoms with Gasteiger partial charge in [0.25, 0.3) is 11.8 Å². The molecule has 1 aliphatic rings. The van der Waals surface area contributed by atoms with Gasteiger partial charge in [-0.3, -0.25) is 9.59 Å². The largest absolute Gasteiger partial charge is 0.352 e. The number of carbonyl (C=O) groups excluding carboxylic acids is 2. The van der Waals surface area contributed by atoms with Crippen LogP contribution in [0.2, 0.25) is 5.02 Å². The lowest BCUT2D eigenvalue weighted by molar-refractivity contribution is 0.0941. The third kappa shape index (κ3) is 3.26. The molecule has 2 N–H and O–H groups in total. The molecule has 1 aromatic carbocycles. The number of aromatic nitrogens is 3. The Balaban J connectivity index is 1.86. The number of benzene rings is 1. The zero-order valence-corrected chi connectivity index (χ0v) is 14.2. The monoisotopic (exact) mass is 347 g/mol. The van der Waals surface area contributed by atoms with Crippen molar-refractivity contribution >= 4 is 23.4 Å². The Morgan fingerprint density at radius 1 is 1.33 bits per heavy atom. The Morgan fingerprint density at radius 2 is 2.08 bits per heavy atom. The van der Waals surface area contributed by atoms with E-state index in [4.69, 9.17) is 11.6 Å². The van der Waals surface area contributed by atoms with Crippen molar-refractivity contribution in [3.8, 4) is 5.69 Å². The van der Waals surface area contributed by atoms with Crippen molar-refractivity contribution in [2.24, 2.45) is 0 Å². The Bertz CT molecular complexity index is 798. The molecular formula is C16H18ClN5O2. The number of amides is 2. The number of nitrogens with one attached hydrogen (secondary N) is 2. The molecule has 2 amide bonds. The van der Waals surface area contributed by atoms with Crippen LogP contribution in [0.4, 0.5) is 0 Å². The fourth-order valence-corrected chi connectivity index (χ4v) is 2.60. The highest BCUT2D eigenvalue weighted by atomic mass is 35.5. The van der Waals surface area contributed by atoms with Crippen LogP contribution in [0.1, 0.15) is 46.3 Å². The second-order valence-corrected chi connectivity index (χ2v) is 6.11. The second-order valence-electron chi connectivity index (χ2n) is 5.71. The molecule has 0 bridgehead atoms. The Morgan fingerprint density at radius 3 is 2.71 bits per heavy atom. The summed E-state index contributed by atoms with van der Waals surface area (Å²) in [4.78, 5) is 24.0. The number of rotatable bonds is 5. The number of hydrogen-bond donors (Lipinski definition) is 2. The molecule has 0 atom stereocenters. The normalized spacial score (nSPS) is 13.6. The zero-order chi connectivity index (χ0) is 17.3. The van der Waals surface area contributed by atoms with Crippen molar-refractivity contribution in [2.45, 2.75) is 32.7 Å². The predicted octanol–water partition coefficient (Wildman–Crippen LogP) is 1.87. The van der Waals surface area contributed by atoms with Crippen molar-refractivity contribution < 1.29 is 9.59 Å². The molecule has 1 heterocycles. The zero-order valence-electron chi connectivity index (χ0n) is 13.5. The van der Waals surface area contributed by atoms with E-state index in [1.54, 1.807) is 25.1 Å². The summed E-state index contributed by atoms with van der Waals surface area (Å²) in [5, 5.41) is 13.9. The van der Waals surface area contributed by atoms with Crippen LogP contribution in [0, 0.1) is 6.92 Å². The lowest BCUT2D eigenvalue weighted by Gasteiger charge is -2.08. The average Bonchev–Trinajstić information content (AvgIpc) is 3.27. The van der Waals surface area contributed by atoms with E-state index in [9.17, 15) is 9.59 Å². The number of hydrogen-bond acceptors (Lipinski definition) is 4. The van der Waals surface area contributed by atoms with Crippen LogP contribution in [-0.4, -0.2) is 39.4 Å². The van der Waals surface area contributed by atoms with E-state index in [1.807, 2.05) is 6.92 Å². The smallest absolute Gasteiger partial charge is 0.273 e. The molecule has 3 rings (SSSR count). The van der Waals surface area contributed by atoms with E-state index < -0.39 is 0 Å². The third-order valence-electron chi connectivity index (χ3n) is 3.80. The molecule has 7 nitrogen and oxygen atoms in total. The molecule has 126 valence electrons. The maximum atomic E-state index is 12.1. The van der Waals surface area contributed by atoms with E-state index >= 15 is 0 Å². The van der Waals surface area contributed by atoms with Gasteiger partial charge in [0, 0.05) is 12.6 Å². The highest BCUT2D eigenvalue weighted by Crippen LogP contribution is 2.22. The van der Waals surface area contributed by atoms with Crippen LogP contribution >= 0.6 is 11.6 Å². The minimum atomic E-state index is -0.228. The summed E-state index contributed by atoms with van der Waals surface area (Å²) in [6.07, 6.45) is 2.02. The van der Waals surface area contributed by atoms with Gasteiger partial charge in [0.2, 0.25) is 0 Å². The Labute approximate surface area is 144 Å². The first-order chi connectivity index (χ1) is 11.5. The first-order valence-electron chi connectivity index (χ1n) is 7.82. The van der Waals surface area contributed by atoms with E-state index in [0.29, 0.717) is 34.2 Å². The summed E-state index contributed by atoms with van der Waals surface area (Å²) in [7, 11) is 0. The van der Waals surface area contributed by atoms with Crippen molar-refractivity contribution in [1.82, 2.24) is 25.6 Å². The van der Waals surface area contributed by atoms with E-state index in [1.165, 1.54) is 4.68 Å². The van der Waals surface area contributed by atoms with Crippen LogP contribution in [0.25, 0.3) is 5.69 Å². The van der Waals surface area contributed by atoms with Crippen LogP contribution in [0.15, 0.2) is 18.2 Å². The lowest BCUT2D eigenvalue weighted by Crippen LogP contribution is -2.26. The van der Waals surface area contributed by atoms with Crippen LogP contribution in [-0.2, 0) is 0 Å². The molecule has 1 aromatic heterocycles. The Hall–Kier alpha value is -2.41. The molecule has 0 saturated heterocycles. The fraction of sp³-hybridized carbons (Fsp3) is 0.375. The average molecular weight is 348 g/mol. The van der Waals surface area contributed by atoms with Crippen molar-refractivity contribution in [3.05, 3.63) is 40.2 Å². The third-order valence-corrected chi connectivity index (χ3v) is 4.11. The molecule has 1 aliphatic carbocycles. The quantitative estimate of drug-likeness (QED) is 0.864. The molecule has 1 saturated carbocycles. The molecule has 24 heavy (non-hydrogen) atoms. The molecule has 8 heteroatoms. The summed E-state index contributed by atoms with van der Waals surface area (Å²) in [5.41, 5.74) is 1.95. The summed E-state index contributed by atoms with van der Waals surface area (Å²) >= 11 is 6.21. The predicted molar refractivity (Wildman–Crippen MR) is 89.6 cm³/mol. The van der Waals surface area contributed by atoms with Gasteiger partial charge in [-0.05, 0) is 44.9 Å². The number of nitrogens with zero attached hydrogens (tertiary/aromatic N) is 3. The van der Waals surface area contributed by atoms with Crippen molar-refractivity contribution in [1.29, 1.82) is 0 Å². The minimum Gasteiger partial charge on any atom is -0.352 e. The second kappa shape index (κ2) is 6.60. The minimum absolute atomic E-state index is 0.216. The van der Waals surface area contributed by atoms with Gasteiger partial charge in [0.05, 0.1) is 22.0 Å². The van der Waals surface area contributed by atoms with Gasteiger partial charge in [0.1, 0.15) is 0 Å². The van der Waals surface area contributed by atoms with Gasteiger partial charge >= 0.3 is 0 Å². The Kier molecular flexibility index (Phi) is 4.53. The van der Waals surface area contributed by atoms with Crippen molar-refractivity contribution in [2.75, 3.05) is 6.54 Å². The van der Waals surface area contributed by atoms with E-state index in [2.05, 4.69) is 20.9 Å². The van der Waals surface area contributed by atoms with Crippen molar-refractivity contribution in [3.63, 3.8) is 0 Å². The molecule has 0 spiro atoms. The molecular weight excluding hydrogens is 330 g/mol. The molecule has 0 unspecified atom stereocenters. The lowest BCUT2D eigenvalue weighted by atomic mass is 10.2. The highest BCUT2D eigenvalue weighted by molar-refractivity contribution is 6.34. The molecule has 0 aliphatic heterocycles. The van der Waals surface area contributed by atoms with Gasteiger partial charge in [-0.2, -0.15) is 0 Å². The topological polar surface area (TPSA) is 88.9 Å². The van der Waals surface area contributed by atoms with E-state index in [-0.39, 0.29) is 17.9 Å². The maximum Gasteiger partial charge on any atom is 0.273 e. The van der Waals surface area contributed by atoms with Crippen LogP contribution < -0.4 is 10.6 Å². The summed E-state index contributed by atoms with van der Waals surface area (Å²) < 4.78 is 1.54. The van der Waals surface area contributed by atoms with Gasteiger partial charge in [-0.25, -0.2) is 4.68 Å². The van der Waals surface area contributed by atoms with Gasteiger partial charge in [-0.15, -0.1) is 5.10 Å². The van der Waals surface area contributed by atoms with Gasteiger partial charge < -0.3 is 10.6 Å². The number of halogens is 1. The molecule has 1 fully saturated rings. The fourth-order valence-electron chi connectivity index (χ4n) is 2.34. The molecule has 0 radical (unpaired) electrons. The standard InChI is InChI=1S/C16H18ClN5O2/c1-3-18-15(23)12-7-6-11(8-13(12)17)22-9(2)14(20-21-22)16(24)19-10-4-5-10/h6-8,10H,3-5H2,1-2H3,(H,18,23)(H,19,24). The summed E-state index contributed by atoms with van der Waals surface area (Å²) in [6, 6.07) is 5.25. The summed E-state index contributed by atoms with van der Waals surface area (Å²) in [6.45, 7) is 4.14. The first-order valence-corrected chi connectivity index (χ1v) is 8.20. The van der Waals surface area contributed by atoms with Gasteiger partial charge in [0.15, 0.2) is 5.69 Å². The van der Waals surface area contributed by atoms with Crippen LogP contribution in [0.3, 0.4) is 0 Å².